The van der Waals surface area contributed by atoms with Gasteiger partial charge >= 0.3 is 5.97 Å². The van der Waals surface area contributed by atoms with E-state index >= 15 is 0 Å². The van der Waals surface area contributed by atoms with E-state index in [0.29, 0.717) is 6.61 Å². The zero-order valence-electron chi connectivity index (χ0n) is 8.64. The fraction of sp³-hybridized carbons (Fsp3) is 0.364. The summed E-state index contributed by atoms with van der Waals surface area (Å²) in [5.74, 6) is -0.180. The minimum atomic E-state index is -0.434. The van der Waals surface area contributed by atoms with Gasteiger partial charge in [0.1, 0.15) is 5.75 Å². The lowest BCUT2D eigenvalue weighted by Crippen LogP contribution is -2.17. The Balaban J connectivity index is 2.60. The number of carbonyl (C=O) groups excluding carboxylic acids is 1. The lowest BCUT2D eigenvalue weighted by atomic mass is 10.0. The lowest BCUT2D eigenvalue weighted by Gasteiger charge is -2.11. The van der Waals surface area contributed by atoms with Crippen molar-refractivity contribution in [3.8, 4) is 5.75 Å². The number of phenolic OH excluding ortho intramolecular Hbond substituents is 1. The number of carbonyl (C=O) groups is 1. The molecule has 0 amide bonds. The summed E-state index contributed by atoms with van der Waals surface area (Å²) in [4.78, 5) is 11.1. The van der Waals surface area contributed by atoms with Crippen molar-refractivity contribution in [3.63, 3.8) is 0 Å². The molecule has 0 aromatic heterocycles. The number of nitrogens with two attached hydrogens (primary N) is 1. The van der Waals surface area contributed by atoms with Gasteiger partial charge in [-0.25, -0.2) is 0 Å². The van der Waals surface area contributed by atoms with Crippen molar-refractivity contribution >= 4 is 5.97 Å². The van der Waals surface area contributed by atoms with E-state index in [1.807, 2.05) is 0 Å². The van der Waals surface area contributed by atoms with Crippen molar-refractivity contribution in [1.29, 1.82) is 0 Å². The number of phenols is 1. The smallest absolute Gasteiger partial charge is 0.307 e. The summed E-state index contributed by atoms with van der Waals surface area (Å²) in [5, 5.41) is 9.23. The van der Waals surface area contributed by atoms with Crippen LogP contribution in [0.3, 0.4) is 0 Å². The third kappa shape index (κ3) is 3.59. The van der Waals surface area contributed by atoms with Crippen LogP contribution in [0, 0.1) is 0 Å². The molecule has 0 bridgehead atoms. The van der Waals surface area contributed by atoms with Gasteiger partial charge in [-0.15, -0.1) is 0 Å². The van der Waals surface area contributed by atoms with Crippen LogP contribution in [0.1, 0.15) is 24.9 Å². The molecule has 4 nitrogen and oxygen atoms in total. The highest BCUT2D eigenvalue weighted by Gasteiger charge is 2.12. The fourth-order valence-electron chi connectivity index (χ4n) is 1.27. The summed E-state index contributed by atoms with van der Waals surface area (Å²) in [5.41, 5.74) is 6.51. The SMILES string of the molecule is CCOC(=O)C[C@@H](N)c1cccc(O)c1. The molecule has 0 saturated carbocycles. The molecule has 0 fully saturated rings. The minimum Gasteiger partial charge on any atom is -0.508 e. The second-order valence-corrected chi connectivity index (χ2v) is 3.21. The van der Waals surface area contributed by atoms with Crippen LogP contribution in [0.15, 0.2) is 24.3 Å². The van der Waals surface area contributed by atoms with Gasteiger partial charge in [0.15, 0.2) is 0 Å². The average Bonchev–Trinajstić information content (AvgIpc) is 2.18. The van der Waals surface area contributed by atoms with Crippen molar-refractivity contribution in [2.24, 2.45) is 5.73 Å². The van der Waals surface area contributed by atoms with E-state index in [2.05, 4.69) is 0 Å². The highest BCUT2D eigenvalue weighted by atomic mass is 16.5. The number of aromatic hydroxyl groups is 1. The molecule has 0 aliphatic carbocycles. The second kappa shape index (κ2) is 5.36. The Morgan fingerprint density at radius 1 is 1.60 bits per heavy atom. The Morgan fingerprint density at radius 3 is 2.93 bits per heavy atom. The maximum absolute atomic E-state index is 11.1. The average molecular weight is 209 g/mol. The van der Waals surface area contributed by atoms with Crippen LogP contribution in [-0.2, 0) is 9.53 Å². The first-order valence-corrected chi connectivity index (χ1v) is 4.83. The molecule has 0 unspecified atom stereocenters. The molecule has 3 N–H and O–H groups in total. The maximum Gasteiger partial charge on any atom is 0.307 e. The molecule has 4 heteroatoms. The van der Waals surface area contributed by atoms with Gasteiger partial charge in [-0.2, -0.15) is 0 Å². The van der Waals surface area contributed by atoms with Crippen molar-refractivity contribution < 1.29 is 14.6 Å². The summed E-state index contributed by atoms with van der Waals surface area (Å²) in [7, 11) is 0. The Kier molecular flexibility index (Phi) is 4.12. The van der Waals surface area contributed by atoms with Crippen molar-refractivity contribution in [3.05, 3.63) is 29.8 Å². The van der Waals surface area contributed by atoms with Crippen LogP contribution in [0.2, 0.25) is 0 Å². The molecule has 0 spiro atoms. The summed E-state index contributed by atoms with van der Waals surface area (Å²) in [6, 6.07) is 6.13. The van der Waals surface area contributed by atoms with E-state index in [4.69, 9.17) is 10.5 Å². The van der Waals surface area contributed by atoms with E-state index in [-0.39, 0.29) is 18.1 Å². The molecule has 0 saturated heterocycles. The van der Waals surface area contributed by atoms with E-state index in [9.17, 15) is 9.90 Å². The van der Waals surface area contributed by atoms with Gasteiger partial charge in [0.25, 0.3) is 0 Å². The summed E-state index contributed by atoms with van der Waals surface area (Å²) in [6.07, 6.45) is 0.122. The largest absolute Gasteiger partial charge is 0.508 e. The Hall–Kier alpha value is -1.55. The molecule has 1 rings (SSSR count). The van der Waals surface area contributed by atoms with Gasteiger partial charge in [0, 0.05) is 6.04 Å². The molecule has 1 aromatic rings. The van der Waals surface area contributed by atoms with Crippen LogP contribution < -0.4 is 5.73 Å². The van der Waals surface area contributed by atoms with Crippen LogP contribution in [0.4, 0.5) is 0 Å². The van der Waals surface area contributed by atoms with Gasteiger partial charge in [-0.1, -0.05) is 12.1 Å². The molecular weight excluding hydrogens is 194 g/mol. The summed E-state index contributed by atoms with van der Waals surface area (Å²) in [6.45, 7) is 2.10. The van der Waals surface area contributed by atoms with E-state index in [0.717, 1.165) is 5.56 Å². The first-order valence-electron chi connectivity index (χ1n) is 4.83. The molecule has 0 radical (unpaired) electrons. The van der Waals surface area contributed by atoms with E-state index in [1.54, 1.807) is 31.2 Å². The van der Waals surface area contributed by atoms with Gasteiger partial charge in [0.2, 0.25) is 0 Å². The zero-order chi connectivity index (χ0) is 11.3. The Morgan fingerprint density at radius 2 is 2.33 bits per heavy atom. The molecule has 1 aromatic carbocycles. The normalized spacial score (nSPS) is 12.1. The third-order valence-electron chi connectivity index (χ3n) is 1.99. The first kappa shape index (κ1) is 11.5. The van der Waals surface area contributed by atoms with Crippen molar-refractivity contribution in [1.82, 2.24) is 0 Å². The molecular formula is C11H15NO3. The highest BCUT2D eigenvalue weighted by molar-refractivity contribution is 5.70. The molecule has 0 aliphatic rings. The quantitative estimate of drug-likeness (QED) is 0.734. The molecule has 1 atom stereocenters. The number of esters is 1. The Bertz CT molecular complexity index is 338. The number of hydrogen-bond donors (Lipinski definition) is 2. The maximum atomic E-state index is 11.1. The Labute approximate surface area is 88.7 Å². The van der Waals surface area contributed by atoms with Crippen LogP contribution in [0.5, 0.6) is 5.75 Å². The number of hydrogen-bond acceptors (Lipinski definition) is 4. The predicted octanol–water partition coefficient (Wildman–Crippen LogP) is 1.35. The monoisotopic (exact) mass is 209 g/mol. The second-order valence-electron chi connectivity index (χ2n) is 3.21. The molecule has 0 heterocycles. The van der Waals surface area contributed by atoms with Crippen LogP contribution in [-0.4, -0.2) is 17.7 Å². The van der Waals surface area contributed by atoms with Gasteiger partial charge < -0.3 is 15.6 Å². The zero-order valence-corrected chi connectivity index (χ0v) is 8.64. The standard InChI is InChI=1S/C11H15NO3/c1-2-15-11(14)7-10(12)8-4-3-5-9(13)6-8/h3-6,10,13H,2,7,12H2,1H3/t10-/m1/s1. The van der Waals surface area contributed by atoms with Gasteiger partial charge in [-0.05, 0) is 24.6 Å². The highest BCUT2D eigenvalue weighted by Crippen LogP contribution is 2.19. The number of benzene rings is 1. The molecule has 15 heavy (non-hydrogen) atoms. The third-order valence-corrected chi connectivity index (χ3v) is 1.99. The van der Waals surface area contributed by atoms with Gasteiger partial charge in [0.05, 0.1) is 13.0 Å². The molecule has 82 valence electrons. The van der Waals surface area contributed by atoms with E-state index in [1.165, 1.54) is 0 Å². The van der Waals surface area contributed by atoms with E-state index < -0.39 is 6.04 Å². The fourth-order valence-corrected chi connectivity index (χ4v) is 1.27. The first-order chi connectivity index (χ1) is 7.13. The number of ether oxygens (including phenoxy) is 1. The van der Waals surface area contributed by atoms with Crippen molar-refractivity contribution in [2.45, 2.75) is 19.4 Å². The number of rotatable bonds is 4. The lowest BCUT2D eigenvalue weighted by molar-refractivity contribution is -0.143. The molecule has 0 aliphatic heterocycles. The minimum absolute atomic E-state index is 0.122. The van der Waals surface area contributed by atoms with Crippen LogP contribution >= 0.6 is 0 Å². The summed E-state index contributed by atoms with van der Waals surface area (Å²) < 4.78 is 4.78. The van der Waals surface area contributed by atoms with Gasteiger partial charge in [-0.3, -0.25) is 4.79 Å². The summed E-state index contributed by atoms with van der Waals surface area (Å²) >= 11 is 0. The van der Waals surface area contributed by atoms with Crippen molar-refractivity contribution in [2.75, 3.05) is 6.61 Å². The predicted molar refractivity (Wildman–Crippen MR) is 56.3 cm³/mol. The van der Waals surface area contributed by atoms with Crippen LogP contribution in [0.25, 0.3) is 0 Å². The topological polar surface area (TPSA) is 72.5 Å².